The van der Waals surface area contributed by atoms with E-state index in [9.17, 15) is 9.90 Å². The largest absolute Gasteiger partial charge is 0.462 e. The third kappa shape index (κ3) is 2.79. The molecule has 4 fully saturated rings. The minimum absolute atomic E-state index is 0.0186. The number of hydrogen-bond acceptors (Lipinski definition) is 4. The van der Waals surface area contributed by atoms with Crippen molar-refractivity contribution in [2.24, 2.45) is 39.6 Å². The molecule has 4 rings (SSSR count). The van der Waals surface area contributed by atoms with E-state index in [1.54, 1.807) is 0 Å². The van der Waals surface area contributed by atoms with Gasteiger partial charge in [-0.15, -0.1) is 0 Å². The van der Waals surface area contributed by atoms with Gasteiger partial charge >= 0.3 is 5.97 Å². The predicted molar refractivity (Wildman–Crippen MR) is 102 cm³/mol. The molecule has 1 N–H and O–H groups in total. The Hall–Kier alpha value is -1.26. The summed E-state index contributed by atoms with van der Waals surface area (Å²) in [6.45, 7) is 6.19. The smallest absolute Gasteiger partial charge is 0.302 e. The van der Waals surface area contributed by atoms with Crippen LogP contribution in [-0.2, 0) is 9.53 Å². The fourth-order valence-electron chi connectivity index (χ4n) is 7.88. The minimum atomic E-state index is -0.344. The number of esters is 1. The predicted octanol–water partition coefficient (Wildman–Crippen LogP) is 4.61. The van der Waals surface area contributed by atoms with E-state index in [1.807, 2.05) is 0 Å². The molecule has 0 aromatic carbocycles. The number of carbonyl (C=O) groups excluding carboxylic acids is 1. The lowest BCUT2D eigenvalue weighted by atomic mass is 9.44. The molecule has 0 unspecified atom stereocenters. The molecule has 0 heterocycles. The average molecular weight is 376 g/mol. The second-order valence-electron chi connectivity index (χ2n) is 10.1. The van der Waals surface area contributed by atoms with E-state index in [4.69, 9.17) is 10.3 Å². The molecule has 0 amide bonds. The average Bonchev–Trinajstić information content (AvgIpc) is 2.92. The molecule has 0 aliphatic heterocycles. The van der Waals surface area contributed by atoms with E-state index in [0.29, 0.717) is 30.1 Å². The number of ether oxygens (including phenoxy) is 1. The Morgan fingerprint density at radius 3 is 2.63 bits per heavy atom. The van der Waals surface area contributed by atoms with Gasteiger partial charge in [0.25, 0.3) is 0 Å². The zero-order valence-electron chi connectivity index (χ0n) is 16.8. The normalized spacial score (nSPS) is 51.3. The van der Waals surface area contributed by atoms with Crippen LogP contribution in [0.2, 0.25) is 0 Å². The molecule has 4 aliphatic carbocycles. The third-order valence-electron chi connectivity index (χ3n) is 9.15. The molecule has 0 saturated heterocycles. The lowest BCUT2D eigenvalue weighted by Crippen LogP contribution is -2.59. The third-order valence-corrected chi connectivity index (χ3v) is 9.15. The van der Waals surface area contributed by atoms with Crippen LogP contribution in [-0.4, -0.2) is 29.3 Å². The van der Waals surface area contributed by atoms with Gasteiger partial charge in [-0.3, -0.25) is 4.79 Å². The molecule has 0 spiro atoms. The minimum Gasteiger partial charge on any atom is -0.462 e. The second-order valence-corrected chi connectivity index (χ2v) is 10.1. The molecule has 0 radical (unpaired) electrons. The van der Waals surface area contributed by atoms with Crippen LogP contribution >= 0.6 is 0 Å². The number of aliphatic hydroxyl groups is 1. The fourth-order valence-corrected chi connectivity index (χ4v) is 7.88. The summed E-state index contributed by atoms with van der Waals surface area (Å²) in [4.78, 5) is 14.7. The van der Waals surface area contributed by atoms with Gasteiger partial charge in [0.15, 0.2) is 0 Å². The Labute approximate surface area is 161 Å². The zero-order chi connectivity index (χ0) is 19.4. The topological polar surface area (TPSA) is 95.3 Å². The van der Waals surface area contributed by atoms with Crippen LogP contribution in [0.25, 0.3) is 10.4 Å². The van der Waals surface area contributed by atoms with Gasteiger partial charge in [0.2, 0.25) is 0 Å². The highest BCUT2D eigenvalue weighted by Gasteiger charge is 2.62. The van der Waals surface area contributed by atoms with Crippen molar-refractivity contribution in [3.63, 3.8) is 0 Å². The maximum Gasteiger partial charge on any atom is 0.302 e. The summed E-state index contributed by atoms with van der Waals surface area (Å²) in [6, 6.07) is -0.112. The van der Waals surface area contributed by atoms with E-state index in [1.165, 1.54) is 13.3 Å². The first-order valence-corrected chi connectivity index (χ1v) is 10.7. The summed E-state index contributed by atoms with van der Waals surface area (Å²) < 4.78 is 5.73. The van der Waals surface area contributed by atoms with Crippen LogP contribution in [0.1, 0.15) is 72.1 Å². The van der Waals surface area contributed by atoms with Crippen LogP contribution in [0.5, 0.6) is 0 Å². The van der Waals surface area contributed by atoms with E-state index in [0.717, 1.165) is 38.5 Å². The Balaban J connectivity index is 1.64. The van der Waals surface area contributed by atoms with E-state index in [-0.39, 0.29) is 35.0 Å². The quantitative estimate of drug-likeness (QED) is 0.330. The molecular weight excluding hydrogens is 342 g/mol. The van der Waals surface area contributed by atoms with Gasteiger partial charge in [0.1, 0.15) is 6.10 Å². The number of carbonyl (C=O) groups is 1. The Kier molecular flexibility index (Phi) is 4.71. The second kappa shape index (κ2) is 6.66. The highest BCUT2D eigenvalue weighted by molar-refractivity contribution is 5.66. The number of nitrogens with zero attached hydrogens (tertiary/aromatic N) is 3. The molecule has 0 aromatic heterocycles. The first-order chi connectivity index (χ1) is 12.8. The van der Waals surface area contributed by atoms with Gasteiger partial charge < -0.3 is 9.84 Å². The van der Waals surface area contributed by atoms with Crippen LogP contribution in [0.3, 0.4) is 0 Å². The lowest BCUT2D eigenvalue weighted by Gasteiger charge is -2.62. The van der Waals surface area contributed by atoms with Gasteiger partial charge in [0, 0.05) is 23.3 Å². The first-order valence-electron chi connectivity index (χ1n) is 10.7. The van der Waals surface area contributed by atoms with Gasteiger partial charge in [-0.1, -0.05) is 19.0 Å². The Morgan fingerprint density at radius 1 is 1.15 bits per heavy atom. The van der Waals surface area contributed by atoms with Crippen molar-refractivity contribution in [3.8, 4) is 0 Å². The summed E-state index contributed by atoms with van der Waals surface area (Å²) in [5.41, 5.74) is 9.21. The van der Waals surface area contributed by atoms with Crippen molar-refractivity contribution in [1.29, 1.82) is 0 Å². The van der Waals surface area contributed by atoms with Gasteiger partial charge in [-0.05, 0) is 86.0 Å². The molecular formula is C21H33N3O3. The fraction of sp³-hybridized carbons (Fsp3) is 0.952. The molecule has 4 aliphatic rings. The van der Waals surface area contributed by atoms with Crippen molar-refractivity contribution < 1.29 is 14.6 Å². The highest BCUT2D eigenvalue weighted by Crippen LogP contribution is 2.66. The molecule has 0 aromatic rings. The highest BCUT2D eigenvalue weighted by atomic mass is 16.5. The molecule has 0 bridgehead atoms. The van der Waals surface area contributed by atoms with Crippen molar-refractivity contribution in [2.75, 3.05) is 0 Å². The van der Waals surface area contributed by atoms with Gasteiger partial charge in [0.05, 0.1) is 6.10 Å². The Bertz CT molecular complexity index is 663. The molecule has 6 nitrogen and oxygen atoms in total. The standard InChI is InChI=1S/C21H33N3O3/c1-12(25)27-19-7-6-16-15-5-4-13-10-14(26)11-18(23-24-22)21(13,3)17(15)8-9-20(16,19)2/h13-19,26H,4-11H2,1-3H3/t13-,14-,15-,16-,17-,18-,19-,20-,21-/m0/s1. The van der Waals surface area contributed by atoms with E-state index < -0.39 is 0 Å². The van der Waals surface area contributed by atoms with Crippen molar-refractivity contribution in [3.05, 3.63) is 10.4 Å². The lowest BCUT2D eigenvalue weighted by molar-refractivity contribution is -0.165. The molecule has 27 heavy (non-hydrogen) atoms. The SMILES string of the molecule is CC(=O)O[C@H]1CC[C@H]2[C@@H]3CC[C@H]4C[C@H](O)C[C@H](N=[N+]=[N-])[C@]4(C)[C@H]3CC[C@]12C. The number of fused-ring (bicyclic) bond motifs is 5. The van der Waals surface area contributed by atoms with Crippen molar-refractivity contribution in [2.45, 2.75) is 90.4 Å². The summed E-state index contributed by atoms with van der Waals surface area (Å²) in [6.07, 6.45) is 7.73. The number of rotatable bonds is 2. The summed E-state index contributed by atoms with van der Waals surface area (Å²) >= 11 is 0. The van der Waals surface area contributed by atoms with Crippen LogP contribution in [0.4, 0.5) is 0 Å². The molecule has 6 heteroatoms. The first kappa shape index (κ1) is 19.1. The number of azide groups is 1. The monoisotopic (exact) mass is 375 g/mol. The number of hydrogen-bond donors (Lipinski definition) is 1. The zero-order valence-corrected chi connectivity index (χ0v) is 16.8. The van der Waals surface area contributed by atoms with Gasteiger partial charge in [-0.25, -0.2) is 0 Å². The van der Waals surface area contributed by atoms with Crippen LogP contribution < -0.4 is 0 Å². The molecule has 150 valence electrons. The van der Waals surface area contributed by atoms with E-state index >= 15 is 0 Å². The van der Waals surface area contributed by atoms with Crippen molar-refractivity contribution >= 4 is 5.97 Å². The molecule has 9 atom stereocenters. The number of aliphatic hydroxyl groups excluding tert-OH is 1. The molecule has 4 saturated carbocycles. The summed E-state index contributed by atoms with van der Waals surface area (Å²) in [5, 5.41) is 14.5. The van der Waals surface area contributed by atoms with Gasteiger partial charge in [-0.2, -0.15) is 0 Å². The van der Waals surface area contributed by atoms with Crippen LogP contribution in [0.15, 0.2) is 5.11 Å². The van der Waals surface area contributed by atoms with Crippen LogP contribution in [0, 0.1) is 34.5 Å². The Morgan fingerprint density at radius 2 is 1.93 bits per heavy atom. The van der Waals surface area contributed by atoms with Crippen molar-refractivity contribution in [1.82, 2.24) is 0 Å². The summed E-state index contributed by atoms with van der Waals surface area (Å²) in [7, 11) is 0. The maximum atomic E-state index is 11.6. The van der Waals surface area contributed by atoms with E-state index in [2.05, 4.69) is 23.9 Å². The summed E-state index contributed by atoms with van der Waals surface area (Å²) in [5.74, 6) is 2.00. The maximum absolute atomic E-state index is 11.6.